The molecule has 0 saturated heterocycles. The fourth-order valence-corrected chi connectivity index (χ4v) is 2.43. The monoisotopic (exact) mass is 321 g/mol. The van der Waals surface area contributed by atoms with Crippen molar-refractivity contribution in [1.29, 1.82) is 0 Å². The summed E-state index contributed by atoms with van der Waals surface area (Å²) in [5, 5.41) is 3.52. The predicted molar refractivity (Wildman–Crippen MR) is 81.9 cm³/mol. The van der Waals surface area contributed by atoms with E-state index in [1.807, 2.05) is 24.3 Å². The number of benzene rings is 2. The molecule has 2 aromatic rings. The lowest BCUT2D eigenvalue weighted by molar-refractivity contribution is 0.625. The highest BCUT2D eigenvalue weighted by Gasteiger charge is 2.11. The molecule has 2 rings (SSSR count). The predicted octanol–water partition coefficient (Wildman–Crippen LogP) is 5.46. The molecule has 0 aliphatic heterocycles. The standard InChI is InChI=1S/C16H17BrFN/c1-3-15(12-7-9-13(18)10-8-12)19-16-6-4-5-14(17)11(16)2/h4-10,15,19H,3H2,1-2H3. The Hall–Kier alpha value is -1.35. The Bertz CT molecular complexity index is 551. The van der Waals surface area contributed by atoms with Crippen LogP contribution < -0.4 is 5.32 Å². The summed E-state index contributed by atoms with van der Waals surface area (Å²) in [4.78, 5) is 0. The zero-order chi connectivity index (χ0) is 13.8. The van der Waals surface area contributed by atoms with Crippen LogP contribution in [0.4, 0.5) is 10.1 Å². The molecule has 19 heavy (non-hydrogen) atoms. The molecule has 0 radical (unpaired) electrons. The van der Waals surface area contributed by atoms with E-state index < -0.39 is 0 Å². The second kappa shape index (κ2) is 6.20. The van der Waals surface area contributed by atoms with Gasteiger partial charge in [-0.1, -0.05) is 41.1 Å². The van der Waals surface area contributed by atoms with Gasteiger partial charge in [-0.25, -0.2) is 4.39 Å². The molecule has 1 atom stereocenters. The average molecular weight is 322 g/mol. The van der Waals surface area contributed by atoms with E-state index in [9.17, 15) is 4.39 Å². The normalized spacial score (nSPS) is 12.2. The number of halogens is 2. The van der Waals surface area contributed by atoms with Gasteiger partial charge in [0.25, 0.3) is 0 Å². The summed E-state index contributed by atoms with van der Waals surface area (Å²) < 4.78 is 14.1. The van der Waals surface area contributed by atoms with E-state index >= 15 is 0 Å². The first kappa shape index (κ1) is 14.1. The Balaban J connectivity index is 2.24. The largest absolute Gasteiger partial charge is 0.378 e. The third kappa shape index (κ3) is 3.35. The van der Waals surface area contributed by atoms with Crippen molar-refractivity contribution in [3.05, 3.63) is 63.9 Å². The Morgan fingerprint density at radius 2 is 1.84 bits per heavy atom. The zero-order valence-electron chi connectivity index (χ0n) is 11.1. The average Bonchev–Trinajstić information content (AvgIpc) is 2.42. The number of anilines is 1. The van der Waals surface area contributed by atoms with Gasteiger partial charge in [-0.15, -0.1) is 0 Å². The van der Waals surface area contributed by atoms with Gasteiger partial charge in [-0.05, 0) is 48.7 Å². The van der Waals surface area contributed by atoms with Gasteiger partial charge in [0.05, 0.1) is 6.04 Å². The van der Waals surface area contributed by atoms with Gasteiger partial charge in [0, 0.05) is 10.2 Å². The summed E-state index contributed by atoms with van der Waals surface area (Å²) in [5.41, 5.74) is 3.39. The van der Waals surface area contributed by atoms with Gasteiger partial charge in [-0.2, -0.15) is 0 Å². The molecule has 0 aliphatic rings. The molecule has 100 valence electrons. The molecule has 1 unspecified atom stereocenters. The molecule has 2 aromatic carbocycles. The van der Waals surface area contributed by atoms with Gasteiger partial charge in [0.2, 0.25) is 0 Å². The highest BCUT2D eigenvalue weighted by Crippen LogP contribution is 2.28. The lowest BCUT2D eigenvalue weighted by Crippen LogP contribution is -2.10. The minimum atomic E-state index is -0.197. The van der Waals surface area contributed by atoms with Crippen LogP contribution in [0.25, 0.3) is 0 Å². The zero-order valence-corrected chi connectivity index (χ0v) is 12.7. The van der Waals surface area contributed by atoms with E-state index in [0.717, 1.165) is 22.1 Å². The second-order valence-electron chi connectivity index (χ2n) is 4.57. The van der Waals surface area contributed by atoms with E-state index in [-0.39, 0.29) is 11.9 Å². The first-order chi connectivity index (χ1) is 9.11. The van der Waals surface area contributed by atoms with E-state index in [2.05, 4.69) is 41.2 Å². The third-order valence-electron chi connectivity index (χ3n) is 3.28. The Kier molecular flexibility index (Phi) is 4.59. The Labute approximate surface area is 122 Å². The van der Waals surface area contributed by atoms with Crippen molar-refractivity contribution >= 4 is 21.6 Å². The number of hydrogen-bond acceptors (Lipinski definition) is 1. The molecule has 0 fully saturated rings. The highest BCUT2D eigenvalue weighted by molar-refractivity contribution is 9.10. The minimum Gasteiger partial charge on any atom is -0.378 e. The Morgan fingerprint density at radius 3 is 2.47 bits per heavy atom. The molecule has 3 heteroatoms. The molecule has 0 bridgehead atoms. The molecule has 0 amide bonds. The maximum atomic E-state index is 13.0. The lowest BCUT2D eigenvalue weighted by atomic mass is 10.0. The van der Waals surface area contributed by atoms with Gasteiger partial charge < -0.3 is 5.32 Å². The van der Waals surface area contributed by atoms with Crippen molar-refractivity contribution < 1.29 is 4.39 Å². The summed E-state index contributed by atoms with van der Waals surface area (Å²) in [7, 11) is 0. The SMILES string of the molecule is CCC(Nc1cccc(Br)c1C)c1ccc(F)cc1. The van der Waals surface area contributed by atoms with Crippen LogP contribution in [0.5, 0.6) is 0 Å². The van der Waals surface area contributed by atoms with Crippen LogP contribution in [0.15, 0.2) is 46.9 Å². The smallest absolute Gasteiger partial charge is 0.123 e. The van der Waals surface area contributed by atoms with Crippen molar-refractivity contribution in [2.75, 3.05) is 5.32 Å². The van der Waals surface area contributed by atoms with E-state index in [0.29, 0.717) is 0 Å². The summed E-state index contributed by atoms with van der Waals surface area (Å²) in [5.74, 6) is -0.197. The number of hydrogen-bond donors (Lipinski definition) is 1. The van der Waals surface area contributed by atoms with Crippen molar-refractivity contribution in [2.45, 2.75) is 26.3 Å². The Morgan fingerprint density at radius 1 is 1.16 bits per heavy atom. The quantitative estimate of drug-likeness (QED) is 0.788. The van der Waals surface area contributed by atoms with Gasteiger partial charge in [-0.3, -0.25) is 0 Å². The van der Waals surface area contributed by atoms with Crippen molar-refractivity contribution in [2.24, 2.45) is 0 Å². The molecule has 0 spiro atoms. The fraction of sp³-hybridized carbons (Fsp3) is 0.250. The van der Waals surface area contributed by atoms with Gasteiger partial charge in [0.15, 0.2) is 0 Å². The molecule has 0 aromatic heterocycles. The summed E-state index contributed by atoms with van der Waals surface area (Å²) in [6.07, 6.45) is 0.942. The van der Waals surface area contributed by atoms with Gasteiger partial charge >= 0.3 is 0 Å². The van der Waals surface area contributed by atoms with E-state index in [1.165, 1.54) is 17.7 Å². The molecule has 1 nitrogen and oxygen atoms in total. The van der Waals surface area contributed by atoms with Crippen LogP contribution in [0.2, 0.25) is 0 Å². The molecule has 0 heterocycles. The van der Waals surface area contributed by atoms with Crippen LogP contribution in [0.3, 0.4) is 0 Å². The number of rotatable bonds is 4. The number of nitrogens with one attached hydrogen (secondary N) is 1. The van der Waals surface area contributed by atoms with Crippen LogP contribution in [-0.2, 0) is 0 Å². The van der Waals surface area contributed by atoms with E-state index in [1.54, 1.807) is 0 Å². The summed E-state index contributed by atoms with van der Waals surface area (Å²) in [6.45, 7) is 4.19. The molecular formula is C16H17BrFN. The topological polar surface area (TPSA) is 12.0 Å². The first-order valence-electron chi connectivity index (χ1n) is 6.39. The second-order valence-corrected chi connectivity index (χ2v) is 5.42. The molecule has 0 saturated carbocycles. The summed E-state index contributed by atoms with van der Waals surface area (Å²) in [6, 6.07) is 13.0. The van der Waals surface area contributed by atoms with Crippen LogP contribution in [0.1, 0.15) is 30.5 Å². The van der Waals surface area contributed by atoms with Gasteiger partial charge in [0.1, 0.15) is 5.82 Å². The highest BCUT2D eigenvalue weighted by atomic mass is 79.9. The van der Waals surface area contributed by atoms with Crippen LogP contribution in [0, 0.1) is 12.7 Å². The molecule has 1 N–H and O–H groups in total. The first-order valence-corrected chi connectivity index (χ1v) is 7.18. The van der Waals surface area contributed by atoms with Crippen molar-refractivity contribution in [3.63, 3.8) is 0 Å². The third-order valence-corrected chi connectivity index (χ3v) is 4.14. The fourth-order valence-electron chi connectivity index (χ4n) is 2.07. The lowest BCUT2D eigenvalue weighted by Gasteiger charge is -2.20. The van der Waals surface area contributed by atoms with Crippen molar-refractivity contribution in [3.8, 4) is 0 Å². The summed E-state index contributed by atoms with van der Waals surface area (Å²) >= 11 is 3.53. The van der Waals surface area contributed by atoms with Crippen LogP contribution >= 0.6 is 15.9 Å². The maximum absolute atomic E-state index is 13.0. The molecule has 0 aliphatic carbocycles. The molecular weight excluding hydrogens is 305 g/mol. The van der Waals surface area contributed by atoms with Crippen molar-refractivity contribution in [1.82, 2.24) is 0 Å². The van der Waals surface area contributed by atoms with Crippen LogP contribution in [-0.4, -0.2) is 0 Å². The maximum Gasteiger partial charge on any atom is 0.123 e. The van der Waals surface area contributed by atoms with E-state index in [4.69, 9.17) is 0 Å². The minimum absolute atomic E-state index is 0.189.